The Morgan fingerprint density at radius 1 is 1.38 bits per heavy atom. The molecule has 1 aromatic rings. The van der Waals surface area contributed by atoms with Crippen LogP contribution in [0.1, 0.15) is 22.8 Å². The maximum Gasteiger partial charge on any atom is 0.416 e. The third kappa shape index (κ3) is 2.82. The van der Waals surface area contributed by atoms with Crippen LogP contribution >= 0.6 is 0 Å². The van der Waals surface area contributed by atoms with Crippen molar-refractivity contribution in [2.45, 2.75) is 19.2 Å². The summed E-state index contributed by atoms with van der Waals surface area (Å²) in [4.78, 5) is 11.6. The lowest BCUT2D eigenvalue weighted by Gasteiger charge is -2.11. The Hall–Kier alpha value is -1.36. The Morgan fingerprint density at radius 2 is 2.00 bits per heavy atom. The van der Waals surface area contributed by atoms with Crippen molar-refractivity contribution < 1.29 is 22.7 Å². The number of ether oxygens (including phenoxy) is 1. The molecule has 16 heavy (non-hydrogen) atoms. The molecular formula is C11H11F3O2. The van der Waals surface area contributed by atoms with Crippen molar-refractivity contribution in [2.75, 3.05) is 7.11 Å². The molecule has 0 spiro atoms. The summed E-state index contributed by atoms with van der Waals surface area (Å²) < 4.78 is 41.9. The molecule has 0 aliphatic rings. The Bertz CT molecular complexity index is 385. The number of rotatable bonds is 3. The van der Waals surface area contributed by atoms with Crippen LogP contribution in [0.2, 0.25) is 0 Å². The van der Waals surface area contributed by atoms with Gasteiger partial charge in [0.05, 0.1) is 5.56 Å². The number of hydrogen-bond donors (Lipinski definition) is 0. The van der Waals surface area contributed by atoms with Gasteiger partial charge in [0, 0.05) is 12.7 Å². The van der Waals surface area contributed by atoms with Crippen molar-refractivity contribution >= 4 is 5.78 Å². The molecule has 0 N–H and O–H groups in total. The first kappa shape index (κ1) is 12.7. The molecule has 0 radical (unpaired) electrons. The van der Waals surface area contributed by atoms with Crippen LogP contribution < -0.4 is 0 Å². The van der Waals surface area contributed by atoms with Gasteiger partial charge in [-0.2, -0.15) is 13.2 Å². The van der Waals surface area contributed by atoms with Crippen LogP contribution in [0.5, 0.6) is 0 Å². The molecule has 0 amide bonds. The first-order valence-corrected chi connectivity index (χ1v) is 4.60. The quantitative estimate of drug-likeness (QED) is 0.749. The molecule has 1 atom stereocenters. The van der Waals surface area contributed by atoms with E-state index in [1.807, 2.05) is 0 Å². The van der Waals surface area contributed by atoms with E-state index in [2.05, 4.69) is 0 Å². The second-order valence-corrected chi connectivity index (χ2v) is 3.32. The molecule has 0 saturated heterocycles. The largest absolute Gasteiger partial charge is 0.416 e. The fourth-order valence-corrected chi connectivity index (χ4v) is 1.19. The van der Waals surface area contributed by atoms with Crippen molar-refractivity contribution in [1.82, 2.24) is 0 Å². The molecule has 1 rings (SSSR count). The van der Waals surface area contributed by atoms with Gasteiger partial charge >= 0.3 is 6.18 Å². The van der Waals surface area contributed by atoms with E-state index < -0.39 is 23.6 Å². The predicted molar refractivity (Wildman–Crippen MR) is 52.2 cm³/mol. The number of halogens is 3. The summed E-state index contributed by atoms with van der Waals surface area (Å²) in [5.74, 6) is -0.464. The molecule has 1 aromatic carbocycles. The molecule has 0 saturated carbocycles. The molecule has 0 heterocycles. The van der Waals surface area contributed by atoms with Gasteiger partial charge < -0.3 is 4.74 Å². The average molecular weight is 232 g/mol. The zero-order chi connectivity index (χ0) is 12.3. The summed E-state index contributed by atoms with van der Waals surface area (Å²) in [6.45, 7) is 1.49. The van der Waals surface area contributed by atoms with Gasteiger partial charge in [-0.25, -0.2) is 0 Å². The number of hydrogen-bond acceptors (Lipinski definition) is 2. The summed E-state index contributed by atoms with van der Waals surface area (Å²) in [6, 6.07) is 4.30. The summed E-state index contributed by atoms with van der Waals surface area (Å²) >= 11 is 0. The van der Waals surface area contributed by atoms with Gasteiger partial charge in [0.15, 0.2) is 5.78 Å². The molecule has 0 bridgehead atoms. The van der Waals surface area contributed by atoms with Gasteiger partial charge in [0.25, 0.3) is 0 Å². The molecule has 0 aliphatic heterocycles. The van der Waals surface area contributed by atoms with Gasteiger partial charge in [-0.1, -0.05) is 12.1 Å². The van der Waals surface area contributed by atoms with Crippen molar-refractivity contribution in [3.05, 3.63) is 35.4 Å². The standard InChI is InChI=1S/C11H11F3O2/c1-7(16-2)10(15)8-4-3-5-9(6-8)11(12,13)14/h3-7H,1-2H3. The SMILES string of the molecule is COC(C)C(=O)c1cccc(C(F)(F)F)c1. The van der Waals surface area contributed by atoms with Crippen LogP contribution in [-0.4, -0.2) is 19.0 Å². The second-order valence-electron chi connectivity index (χ2n) is 3.32. The average Bonchev–Trinajstić information content (AvgIpc) is 2.26. The van der Waals surface area contributed by atoms with E-state index in [0.717, 1.165) is 12.1 Å². The smallest absolute Gasteiger partial charge is 0.374 e. The third-order valence-electron chi connectivity index (χ3n) is 2.20. The Balaban J connectivity index is 3.04. The van der Waals surface area contributed by atoms with Crippen molar-refractivity contribution in [3.8, 4) is 0 Å². The lowest BCUT2D eigenvalue weighted by Crippen LogP contribution is -2.19. The van der Waals surface area contributed by atoms with Gasteiger partial charge in [0.2, 0.25) is 0 Å². The minimum atomic E-state index is -4.44. The monoisotopic (exact) mass is 232 g/mol. The highest BCUT2D eigenvalue weighted by molar-refractivity contribution is 5.99. The van der Waals surface area contributed by atoms with Crippen molar-refractivity contribution in [1.29, 1.82) is 0 Å². The molecule has 0 fully saturated rings. The fourth-order valence-electron chi connectivity index (χ4n) is 1.19. The van der Waals surface area contributed by atoms with Crippen LogP contribution in [0.4, 0.5) is 13.2 Å². The highest BCUT2D eigenvalue weighted by atomic mass is 19.4. The minimum Gasteiger partial charge on any atom is -0.374 e. The minimum absolute atomic E-state index is 0.00387. The summed E-state index contributed by atoms with van der Waals surface area (Å²) in [7, 11) is 1.33. The molecule has 0 aromatic heterocycles. The number of carbonyl (C=O) groups excluding carboxylic acids is 1. The second kappa shape index (κ2) is 4.65. The van der Waals surface area contributed by atoms with Crippen molar-refractivity contribution in [2.24, 2.45) is 0 Å². The van der Waals surface area contributed by atoms with E-state index >= 15 is 0 Å². The number of ketones is 1. The number of alkyl halides is 3. The number of methoxy groups -OCH3 is 1. The maximum absolute atomic E-state index is 12.4. The predicted octanol–water partition coefficient (Wildman–Crippen LogP) is 2.92. The van der Waals surface area contributed by atoms with Gasteiger partial charge in [-0.15, -0.1) is 0 Å². The van der Waals surface area contributed by atoms with E-state index in [1.54, 1.807) is 0 Å². The lowest BCUT2D eigenvalue weighted by atomic mass is 10.0. The first-order chi connectivity index (χ1) is 7.36. The highest BCUT2D eigenvalue weighted by Gasteiger charge is 2.31. The summed E-state index contributed by atoms with van der Waals surface area (Å²) in [5.41, 5.74) is -0.828. The zero-order valence-electron chi connectivity index (χ0n) is 8.84. The van der Waals surface area contributed by atoms with E-state index in [1.165, 1.54) is 26.2 Å². The summed E-state index contributed by atoms with van der Waals surface area (Å²) in [5, 5.41) is 0. The Labute approximate surface area is 91.0 Å². The summed E-state index contributed by atoms with van der Waals surface area (Å²) in [6.07, 6.45) is -5.18. The Kier molecular flexibility index (Phi) is 3.70. The van der Waals surface area contributed by atoms with Crippen LogP contribution in [-0.2, 0) is 10.9 Å². The first-order valence-electron chi connectivity index (χ1n) is 4.60. The van der Waals surface area contributed by atoms with E-state index in [4.69, 9.17) is 4.74 Å². The van der Waals surface area contributed by atoms with Gasteiger partial charge in [-0.05, 0) is 19.1 Å². The molecule has 88 valence electrons. The molecule has 5 heteroatoms. The van der Waals surface area contributed by atoms with E-state index in [9.17, 15) is 18.0 Å². The lowest BCUT2D eigenvalue weighted by molar-refractivity contribution is -0.137. The molecular weight excluding hydrogens is 221 g/mol. The zero-order valence-corrected chi connectivity index (χ0v) is 8.84. The van der Waals surface area contributed by atoms with Crippen LogP contribution in [0.15, 0.2) is 24.3 Å². The van der Waals surface area contributed by atoms with Crippen molar-refractivity contribution in [3.63, 3.8) is 0 Å². The maximum atomic E-state index is 12.4. The van der Waals surface area contributed by atoms with Gasteiger partial charge in [-0.3, -0.25) is 4.79 Å². The van der Waals surface area contributed by atoms with Gasteiger partial charge in [0.1, 0.15) is 6.10 Å². The fraction of sp³-hybridized carbons (Fsp3) is 0.364. The third-order valence-corrected chi connectivity index (χ3v) is 2.20. The van der Waals surface area contributed by atoms with Crippen LogP contribution in [0.25, 0.3) is 0 Å². The topological polar surface area (TPSA) is 26.3 Å². The van der Waals surface area contributed by atoms with Crippen LogP contribution in [0.3, 0.4) is 0 Å². The van der Waals surface area contributed by atoms with Crippen LogP contribution in [0, 0.1) is 0 Å². The van der Waals surface area contributed by atoms with E-state index in [-0.39, 0.29) is 5.56 Å². The highest BCUT2D eigenvalue weighted by Crippen LogP contribution is 2.29. The number of benzene rings is 1. The molecule has 2 nitrogen and oxygen atoms in total. The Morgan fingerprint density at radius 3 is 2.50 bits per heavy atom. The van der Waals surface area contributed by atoms with E-state index in [0.29, 0.717) is 0 Å². The number of Topliss-reactive ketones (excluding diaryl/α,β-unsaturated/α-hetero) is 1. The number of carbonyl (C=O) groups is 1. The molecule has 1 unspecified atom stereocenters. The molecule has 0 aliphatic carbocycles. The normalized spacial score (nSPS) is 13.6.